The van der Waals surface area contributed by atoms with Gasteiger partial charge in [0.2, 0.25) is 0 Å². The molecule has 1 atom stereocenters. The SMILES string of the molecule is C=C(C)CCC(NCCC)c1nccn1C. The van der Waals surface area contributed by atoms with Gasteiger partial charge >= 0.3 is 0 Å². The van der Waals surface area contributed by atoms with Gasteiger partial charge in [0.05, 0.1) is 6.04 Å². The summed E-state index contributed by atoms with van der Waals surface area (Å²) in [5, 5.41) is 3.54. The second kappa shape index (κ2) is 6.48. The molecule has 0 aliphatic rings. The summed E-state index contributed by atoms with van der Waals surface area (Å²) in [6.07, 6.45) is 7.12. The van der Waals surface area contributed by atoms with Crippen LogP contribution in [0.3, 0.4) is 0 Å². The summed E-state index contributed by atoms with van der Waals surface area (Å²) >= 11 is 0. The van der Waals surface area contributed by atoms with E-state index in [-0.39, 0.29) is 0 Å². The Morgan fingerprint density at radius 3 is 2.88 bits per heavy atom. The molecule has 1 heterocycles. The van der Waals surface area contributed by atoms with Gasteiger partial charge in [-0.1, -0.05) is 12.5 Å². The molecule has 0 fully saturated rings. The highest BCUT2D eigenvalue weighted by atomic mass is 15.1. The zero-order valence-corrected chi connectivity index (χ0v) is 10.7. The Morgan fingerprint density at radius 1 is 1.62 bits per heavy atom. The van der Waals surface area contributed by atoms with Crippen molar-refractivity contribution in [2.24, 2.45) is 7.05 Å². The van der Waals surface area contributed by atoms with Gasteiger partial charge in [0.15, 0.2) is 0 Å². The minimum absolute atomic E-state index is 0.344. The monoisotopic (exact) mass is 221 g/mol. The summed E-state index contributed by atoms with van der Waals surface area (Å²) in [4.78, 5) is 4.42. The van der Waals surface area contributed by atoms with Gasteiger partial charge in [-0.3, -0.25) is 0 Å². The van der Waals surface area contributed by atoms with Crippen molar-refractivity contribution in [3.05, 3.63) is 30.4 Å². The van der Waals surface area contributed by atoms with Crippen LogP contribution in [0.15, 0.2) is 24.5 Å². The molecule has 0 bridgehead atoms. The molecule has 90 valence electrons. The standard InChI is InChI=1S/C13H23N3/c1-5-8-14-12(7-6-11(2)3)13-15-9-10-16(13)4/h9-10,12,14H,2,5-8H2,1,3-4H3. The molecule has 1 rings (SSSR count). The molecule has 1 aromatic rings. The topological polar surface area (TPSA) is 29.9 Å². The molecule has 0 aromatic carbocycles. The van der Waals surface area contributed by atoms with Gasteiger partial charge in [-0.25, -0.2) is 4.98 Å². The molecule has 0 aliphatic heterocycles. The van der Waals surface area contributed by atoms with Gasteiger partial charge in [-0.2, -0.15) is 0 Å². The maximum atomic E-state index is 4.42. The molecule has 0 saturated heterocycles. The Balaban J connectivity index is 2.63. The minimum atomic E-state index is 0.344. The number of nitrogens with zero attached hydrogens (tertiary/aromatic N) is 2. The third kappa shape index (κ3) is 3.81. The normalized spacial score (nSPS) is 12.7. The summed E-state index contributed by atoms with van der Waals surface area (Å²) in [5.74, 6) is 1.12. The lowest BCUT2D eigenvalue weighted by Gasteiger charge is -2.18. The molecular formula is C13H23N3. The number of aromatic nitrogens is 2. The maximum Gasteiger partial charge on any atom is 0.125 e. The van der Waals surface area contributed by atoms with Gasteiger partial charge < -0.3 is 9.88 Å². The first-order valence-corrected chi connectivity index (χ1v) is 6.00. The van der Waals surface area contributed by atoms with Crippen molar-refractivity contribution in [2.45, 2.75) is 39.2 Å². The fraction of sp³-hybridized carbons (Fsp3) is 0.615. The molecule has 0 saturated carbocycles. The first-order chi connectivity index (χ1) is 7.65. The van der Waals surface area contributed by atoms with E-state index in [9.17, 15) is 0 Å². The van der Waals surface area contributed by atoms with Gasteiger partial charge in [0.1, 0.15) is 5.82 Å². The second-order valence-corrected chi connectivity index (χ2v) is 4.40. The van der Waals surface area contributed by atoms with Crippen molar-refractivity contribution in [1.29, 1.82) is 0 Å². The number of hydrogen-bond acceptors (Lipinski definition) is 2. The Labute approximate surface area is 98.6 Å². The van der Waals surface area contributed by atoms with E-state index < -0.39 is 0 Å². The number of hydrogen-bond donors (Lipinski definition) is 1. The summed E-state index contributed by atoms with van der Waals surface area (Å²) in [5.41, 5.74) is 1.23. The van der Waals surface area contributed by atoms with Crippen LogP contribution in [0.5, 0.6) is 0 Å². The van der Waals surface area contributed by atoms with Gasteiger partial charge in [0, 0.05) is 19.4 Å². The third-order valence-corrected chi connectivity index (χ3v) is 2.67. The zero-order chi connectivity index (χ0) is 12.0. The smallest absolute Gasteiger partial charge is 0.125 e. The van der Waals surface area contributed by atoms with Gasteiger partial charge in [0.25, 0.3) is 0 Å². The summed E-state index contributed by atoms with van der Waals surface area (Å²) < 4.78 is 2.09. The Bertz CT molecular complexity index is 328. The molecule has 0 radical (unpaired) electrons. The fourth-order valence-electron chi connectivity index (χ4n) is 1.74. The third-order valence-electron chi connectivity index (χ3n) is 2.67. The van der Waals surface area contributed by atoms with E-state index in [1.54, 1.807) is 0 Å². The van der Waals surface area contributed by atoms with Crippen LogP contribution in [0.1, 0.15) is 45.0 Å². The maximum absolute atomic E-state index is 4.42. The number of allylic oxidation sites excluding steroid dienone is 1. The Morgan fingerprint density at radius 2 is 2.38 bits per heavy atom. The van der Waals surface area contributed by atoms with Crippen LogP contribution >= 0.6 is 0 Å². The molecule has 1 N–H and O–H groups in total. The van der Waals surface area contributed by atoms with Crippen molar-refractivity contribution in [3.63, 3.8) is 0 Å². The van der Waals surface area contributed by atoms with E-state index in [2.05, 4.69) is 35.3 Å². The number of nitrogens with one attached hydrogen (secondary N) is 1. The first kappa shape index (κ1) is 13.0. The molecular weight excluding hydrogens is 198 g/mol. The zero-order valence-electron chi connectivity index (χ0n) is 10.7. The van der Waals surface area contributed by atoms with E-state index in [4.69, 9.17) is 0 Å². The summed E-state index contributed by atoms with van der Waals surface area (Å²) in [6, 6.07) is 0.344. The number of imidazole rings is 1. The number of rotatable bonds is 7. The summed E-state index contributed by atoms with van der Waals surface area (Å²) in [6.45, 7) is 9.25. The van der Waals surface area contributed by atoms with Crippen molar-refractivity contribution < 1.29 is 0 Å². The van der Waals surface area contributed by atoms with Crippen LogP contribution in [0.4, 0.5) is 0 Å². The fourth-order valence-corrected chi connectivity index (χ4v) is 1.74. The van der Waals surface area contributed by atoms with Crippen LogP contribution in [0.2, 0.25) is 0 Å². The molecule has 1 unspecified atom stereocenters. The highest BCUT2D eigenvalue weighted by Gasteiger charge is 2.14. The largest absolute Gasteiger partial charge is 0.337 e. The van der Waals surface area contributed by atoms with Crippen LogP contribution in [0, 0.1) is 0 Å². The van der Waals surface area contributed by atoms with Crippen LogP contribution in [-0.2, 0) is 7.05 Å². The van der Waals surface area contributed by atoms with E-state index in [0.29, 0.717) is 6.04 Å². The molecule has 3 heteroatoms. The predicted octanol–water partition coefficient (Wildman–Crippen LogP) is 2.82. The van der Waals surface area contributed by atoms with Crippen molar-refractivity contribution >= 4 is 0 Å². The van der Waals surface area contributed by atoms with E-state index in [0.717, 1.165) is 31.6 Å². The lowest BCUT2D eigenvalue weighted by atomic mass is 10.1. The highest BCUT2D eigenvalue weighted by molar-refractivity contribution is 5.00. The Hall–Kier alpha value is -1.09. The van der Waals surface area contributed by atoms with Crippen LogP contribution in [0.25, 0.3) is 0 Å². The van der Waals surface area contributed by atoms with Gasteiger partial charge in [-0.15, -0.1) is 6.58 Å². The number of aryl methyl sites for hydroxylation is 1. The van der Waals surface area contributed by atoms with Crippen LogP contribution in [-0.4, -0.2) is 16.1 Å². The lowest BCUT2D eigenvalue weighted by Crippen LogP contribution is -2.24. The second-order valence-electron chi connectivity index (χ2n) is 4.40. The van der Waals surface area contributed by atoms with Crippen molar-refractivity contribution in [3.8, 4) is 0 Å². The molecule has 3 nitrogen and oxygen atoms in total. The average molecular weight is 221 g/mol. The average Bonchev–Trinajstić information content (AvgIpc) is 2.65. The molecule has 1 aromatic heterocycles. The first-order valence-electron chi connectivity index (χ1n) is 6.00. The van der Waals surface area contributed by atoms with Gasteiger partial charge in [-0.05, 0) is 32.7 Å². The summed E-state index contributed by atoms with van der Waals surface area (Å²) in [7, 11) is 2.05. The molecule has 16 heavy (non-hydrogen) atoms. The van der Waals surface area contributed by atoms with Crippen molar-refractivity contribution in [2.75, 3.05) is 6.54 Å². The van der Waals surface area contributed by atoms with Crippen molar-refractivity contribution in [1.82, 2.24) is 14.9 Å². The van der Waals surface area contributed by atoms with E-state index >= 15 is 0 Å². The lowest BCUT2D eigenvalue weighted by molar-refractivity contribution is 0.465. The molecule has 0 aliphatic carbocycles. The Kier molecular flexibility index (Phi) is 5.26. The molecule has 0 spiro atoms. The molecule has 0 amide bonds. The highest BCUT2D eigenvalue weighted by Crippen LogP contribution is 2.18. The van der Waals surface area contributed by atoms with E-state index in [1.807, 2.05) is 19.4 Å². The minimum Gasteiger partial charge on any atom is -0.337 e. The predicted molar refractivity (Wildman–Crippen MR) is 68.3 cm³/mol. The van der Waals surface area contributed by atoms with E-state index in [1.165, 1.54) is 5.57 Å². The quantitative estimate of drug-likeness (QED) is 0.718. The van der Waals surface area contributed by atoms with Crippen LogP contribution < -0.4 is 5.32 Å².